The van der Waals surface area contributed by atoms with Crippen LogP contribution in [0, 0.1) is 0 Å². The summed E-state index contributed by atoms with van der Waals surface area (Å²) in [6, 6.07) is 18.2. The Morgan fingerprint density at radius 1 is 1.13 bits per heavy atom. The third-order valence-corrected chi connectivity index (χ3v) is 7.51. The predicted octanol–water partition coefficient (Wildman–Crippen LogP) is 5.22. The molecule has 194 valence electrons. The van der Waals surface area contributed by atoms with Gasteiger partial charge in [-0.3, -0.25) is 9.36 Å². The van der Waals surface area contributed by atoms with Gasteiger partial charge in [0.2, 0.25) is 0 Å². The highest BCUT2D eigenvalue weighted by Gasteiger charge is 2.33. The van der Waals surface area contributed by atoms with E-state index >= 15 is 0 Å². The van der Waals surface area contributed by atoms with Crippen molar-refractivity contribution in [2.24, 2.45) is 4.99 Å². The highest BCUT2D eigenvalue weighted by atomic mass is 79.9. The first kappa shape index (κ1) is 25.9. The van der Waals surface area contributed by atoms with Gasteiger partial charge in [-0.2, -0.15) is 0 Å². The van der Waals surface area contributed by atoms with Crippen LogP contribution in [-0.4, -0.2) is 23.8 Å². The lowest BCUT2D eigenvalue weighted by molar-refractivity contribution is -0.139. The van der Waals surface area contributed by atoms with Gasteiger partial charge in [-0.1, -0.05) is 51.5 Å². The fourth-order valence-electron chi connectivity index (χ4n) is 4.38. The van der Waals surface area contributed by atoms with Gasteiger partial charge in [-0.25, -0.2) is 9.79 Å². The van der Waals surface area contributed by atoms with E-state index in [-0.39, 0.29) is 12.2 Å². The topological polar surface area (TPSA) is 83.0 Å². The van der Waals surface area contributed by atoms with Crippen LogP contribution in [0.1, 0.15) is 38.1 Å². The largest absolute Gasteiger partial charge is 0.494 e. The van der Waals surface area contributed by atoms with Gasteiger partial charge in [0.25, 0.3) is 5.56 Å². The van der Waals surface area contributed by atoms with Crippen molar-refractivity contribution >= 4 is 39.3 Å². The van der Waals surface area contributed by atoms with E-state index in [0.29, 0.717) is 44.5 Å². The zero-order valence-corrected chi connectivity index (χ0v) is 23.5. The lowest BCUT2D eigenvalue weighted by atomic mass is 9.96. The summed E-state index contributed by atoms with van der Waals surface area (Å²) in [7, 11) is 0. The molecule has 0 spiro atoms. The van der Waals surface area contributed by atoms with Gasteiger partial charge in [0.15, 0.2) is 4.80 Å². The molecule has 3 heterocycles. The minimum Gasteiger partial charge on any atom is -0.494 e. The summed E-state index contributed by atoms with van der Waals surface area (Å²) in [6.07, 6.45) is 1.71. The lowest BCUT2D eigenvalue weighted by Crippen LogP contribution is -2.39. The Bertz CT molecular complexity index is 1710. The Morgan fingerprint density at radius 3 is 2.63 bits per heavy atom. The quantitative estimate of drug-likeness (QED) is 0.275. The van der Waals surface area contributed by atoms with Crippen molar-refractivity contribution in [2.75, 3.05) is 13.2 Å². The Labute approximate surface area is 231 Å². The van der Waals surface area contributed by atoms with Crippen LogP contribution in [0.2, 0.25) is 0 Å². The first-order valence-electron chi connectivity index (χ1n) is 12.2. The van der Waals surface area contributed by atoms with E-state index in [1.165, 1.54) is 11.3 Å². The van der Waals surface area contributed by atoms with Gasteiger partial charge in [-0.05, 0) is 62.7 Å². The summed E-state index contributed by atoms with van der Waals surface area (Å²) < 4.78 is 19.9. The van der Waals surface area contributed by atoms with Gasteiger partial charge >= 0.3 is 5.97 Å². The van der Waals surface area contributed by atoms with Crippen LogP contribution < -0.4 is 19.6 Å². The number of benzene rings is 2. The number of ether oxygens (including phenoxy) is 2. The highest BCUT2D eigenvalue weighted by Crippen LogP contribution is 2.32. The summed E-state index contributed by atoms with van der Waals surface area (Å²) in [5.41, 5.74) is 2.27. The zero-order valence-electron chi connectivity index (χ0n) is 21.1. The van der Waals surface area contributed by atoms with Crippen molar-refractivity contribution in [1.29, 1.82) is 0 Å². The van der Waals surface area contributed by atoms with Gasteiger partial charge in [0.05, 0.1) is 35.1 Å². The maximum absolute atomic E-state index is 13.8. The van der Waals surface area contributed by atoms with Crippen LogP contribution >= 0.6 is 27.3 Å². The Balaban J connectivity index is 1.62. The van der Waals surface area contributed by atoms with E-state index in [0.717, 1.165) is 15.6 Å². The highest BCUT2D eigenvalue weighted by molar-refractivity contribution is 9.10. The molecule has 38 heavy (non-hydrogen) atoms. The first-order chi connectivity index (χ1) is 18.4. The van der Waals surface area contributed by atoms with E-state index in [4.69, 9.17) is 13.9 Å². The maximum atomic E-state index is 13.8. The smallest absolute Gasteiger partial charge is 0.338 e. The summed E-state index contributed by atoms with van der Waals surface area (Å²) in [6.45, 7) is 6.19. The third-order valence-electron chi connectivity index (χ3n) is 6.03. The molecule has 0 radical (unpaired) electrons. The van der Waals surface area contributed by atoms with E-state index in [1.807, 2.05) is 67.6 Å². The molecule has 2 aromatic carbocycles. The second kappa shape index (κ2) is 11.0. The number of carbonyl (C=O) groups is 1. The zero-order chi connectivity index (χ0) is 26.8. The van der Waals surface area contributed by atoms with Crippen molar-refractivity contribution in [3.8, 4) is 17.1 Å². The number of carbonyl (C=O) groups excluding carboxylic acids is 1. The molecule has 0 unspecified atom stereocenters. The van der Waals surface area contributed by atoms with Gasteiger partial charge in [0, 0.05) is 16.1 Å². The van der Waals surface area contributed by atoms with Gasteiger partial charge < -0.3 is 13.9 Å². The monoisotopic (exact) mass is 592 g/mol. The molecule has 0 N–H and O–H groups in total. The average molecular weight is 593 g/mol. The van der Waals surface area contributed by atoms with Crippen LogP contribution in [0.25, 0.3) is 17.4 Å². The number of nitrogens with zero attached hydrogens (tertiary/aromatic N) is 2. The number of allylic oxidation sites excluding steroid dienone is 1. The molecule has 0 saturated heterocycles. The van der Waals surface area contributed by atoms with Crippen molar-refractivity contribution in [3.63, 3.8) is 0 Å². The van der Waals surface area contributed by atoms with Gasteiger partial charge in [-0.15, -0.1) is 0 Å². The molecule has 7 nitrogen and oxygen atoms in total. The number of hydrogen-bond donors (Lipinski definition) is 0. The van der Waals surface area contributed by atoms with E-state index in [9.17, 15) is 9.59 Å². The third kappa shape index (κ3) is 5.04. The van der Waals surface area contributed by atoms with Crippen molar-refractivity contribution in [1.82, 2.24) is 4.57 Å². The minimum absolute atomic E-state index is 0.217. The Kier molecular flexibility index (Phi) is 7.49. The van der Waals surface area contributed by atoms with Crippen LogP contribution in [0.15, 0.2) is 90.6 Å². The molecule has 9 heteroatoms. The SMILES string of the molecule is CCOC(=O)C1=C(C)N=c2s/c(=C\c3ccc(-c4cccc(Br)c4)o3)c(=O)n2[C@@H]1c1ccc(OCC)cc1. The molecule has 0 amide bonds. The molecule has 0 fully saturated rings. The summed E-state index contributed by atoms with van der Waals surface area (Å²) in [5, 5.41) is 0. The lowest BCUT2D eigenvalue weighted by Gasteiger charge is -2.24. The second-order valence-electron chi connectivity index (χ2n) is 8.52. The number of halogens is 1. The molecule has 5 rings (SSSR count). The molecule has 0 aliphatic carbocycles. The standard InChI is InChI=1S/C29H25BrN2O5S/c1-4-35-21-11-9-18(10-12-21)26-25(28(34)36-5-2)17(3)31-29-32(26)27(33)24(38-29)16-22-13-14-23(37-22)19-7-6-8-20(30)15-19/h6-16,26H,4-5H2,1-3H3/b24-16-/t26-/m1/s1. The van der Waals surface area contributed by atoms with Gasteiger partial charge in [0.1, 0.15) is 17.3 Å². The number of furan rings is 1. The molecule has 1 aliphatic rings. The maximum Gasteiger partial charge on any atom is 0.338 e. The molecule has 0 bridgehead atoms. The predicted molar refractivity (Wildman–Crippen MR) is 150 cm³/mol. The summed E-state index contributed by atoms with van der Waals surface area (Å²) >= 11 is 4.74. The molecule has 4 aromatic rings. The van der Waals surface area contributed by atoms with Crippen LogP contribution in [-0.2, 0) is 9.53 Å². The van der Waals surface area contributed by atoms with Crippen LogP contribution in [0.5, 0.6) is 5.75 Å². The fourth-order valence-corrected chi connectivity index (χ4v) is 5.80. The molecule has 1 aliphatic heterocycles. The molecule has 0 saturated carbocycles. The van der Waals surface area contributed by atoms with E-state index in [2.05, 4.69) is 20.9 Å². The number of fused-ring (bicyclic) bond motifs is 1. The Hall–Kier alpha value is -3.69. The van der Waals surface area contributed by atoms with Crippen LogP contribution in [0.3, 0.4) is 0 Å². The molecule has 1 atom stereocenters. The number of aromatic nitrogens is 1. The Morgan fingerprint density at radius 2 is 1.92 bits per heavy atom. The number of thiazole rings is 1. The summed E-state index contributed by atoms with van der Waals surface area (Å²) in [5.74, 6) is 1.45. The fraction of sp³-hybridized carbons (Fsp3) is 0.207. The van der Waals surface area contributed by atoms with Crippen molar-refractivity contribution in [2.45, 2.75) is 26.8 Å². The number of esters is 1. The van der Waals surface area contributed by atoms with Crippen molar-refractivity contribution in [3.05, 3.63) is 107 Å². The molecular formula is C29H25BrN2O5S. The molecular weight excluding hydrogens is 568 g/mol. The van der Waals surface area contributed by atoms with E-state index < -0.39 is 12.0 Å². The van der Waals surface area contributed by atoms with Crippen LogP contribution in [0.4, 0.5) is 0 Å². The molecule has 2 aromatic heterocycles. The summed E-state index contributed by atoms with van der Waals surface area (Å²) in [4.78, 5) is 31.9. The van der Waals surface area contributed by atoms with E-state index in [1.54, 1.807) is 24.5 Å². The average Bonchev–Trinajstić information content (AvgIpc) is 3.48. The number of rotatable bonds is 7. The normalized spacial score (nSPS) is 15.3. The first-order valence-corrected chi connectivity index (χ1v) is 13.8. The second-order valence-corrected chi connectivity index (χ2v) is 10.4. The minimum atomic E-state index is -0.683. The van der Waals surface area contributed by atoms with Crippen molar-refractivity contribution < 1.29 is 18.7 Å². The number of hydrogen-bond acceptors (Lipinski definition) is 7.